The van der Waals surface area contributed by atoms with E-state index in [0.29, 0.717) is 5.92 Å². The largest absolute Gasteiger partial charge is 0.381 e. The lowest BCUT2D eigenvalue weighted by Gasteiger charge is -2.16. The lowest BCUT2D eigenvalue weighted by atomic mass is 9.96. The molecule has 1 aliphatic carbocycles. The molecule has 2 N–H and O–H groups in total. The number of hydrogen-bond acceptors (Lipinski definition) is 3. The molecular weight excluding hydrogens is 362 g/mol. The molecule has 6 heteroatoms. The third-order valence-electron chi connectivity index (χ3n) is 5.33. The van der Waals surface area contributed by atoms with E-state index in [1.807, 2.05) is 12.1 Å². The summed E-state index contributed by atoms with van der Waals surface area (Å²) in [5.41, 5.74) is 1.54. The van der Waals surface area contributed by atoms with E-state index in [1.165, 1.54) is 18.4 Å². The lowest BCUT2D eigenvalue weighted by Crippen LogP contribution is -2.38. The number of halogens is 1. The van der Waals surface area contributed by atoms with Crippen molar-refractivity contribution < 1.29 is 9.47 Å². The van der Waals surface area contributed by atoms with E-state index in [-0.39, 0.29) is 5.41 Å². The molecule has 150 valence electrons. The highest BCUT2D eigenvalue weighted by Crippen LogP contribution is 2.48. The molecule has 1 aromatic carbocycles. The quantitative estimate of drug-likeness (QED) is 0.363. The van der Waals surface area contributed by atoms with Gasteiger partial charge in [-0.25, -0.2) is 0 Å². The summed E-state index contributed by atoms with van der Waals surface area (Å²) in [6.45, 7) is 7.95. The van der Waals surface area contributed by atoms with Crippen LogP contribution in [-0.4, -0.2) is 52.0 Å². The number of nitrogens with one attached hydrogen (secondary N) is 2. The monoisotopic (exact) mass is 393 g/mol. The van der Waals surface area contributed by atoms with Crippen LogP contribution in [0.2, 0.25) is 5.02 Å². The molecule has 0 aromatic heterocycles. The Bertz CT molecular complexity index is 596. The van der Waals surface area contributed by atoms with Crippen LogP contribution in [0.4, 0.5) is 0 Å². The van der Waals surface area contributed by atoms with Gasteiger partial charge in [-0.05, 0) is 50.3 Å². The van der Waals surface area contributed by atoms with Crippen LogP contribution in [0.1, 0.15) is 38.2 Å². The first-order valence-electron chi connectivity index (χ1n) is 10.2. The maximum Gasteiger partial charge on any atom is 0.191 e. The molecule has 1 saturated carbocycles. The normalized spacial score (nSPS) is 21.3. The molecule has 0 spiro atoms. The van der Waals surface area contributed by atoms with Crippen LogP contribution in [0.3, 0.4) is 0 Å². The van der Waals surface area contributed by atoms with Crippen LogP contribution in [0.5, 0.6) is 0 Å². The summed E-state index contributed by atoms with van der Waals surface area (Å²) in [7, 11) is 0. The first kappa shape index (κ1) is 20.4. The highest BCUT2D eigenvalue weighted by molar-refractivity contribution is 6.30. The summed E-state index contributed by atoms with van der Waals surface area (Å²) in [5.74, 6) is 1.47. The van der Waals surface area contributed by atoms with Crippen molar-refractivity contribution in [3.63, 3.8) is 0 Å². The predicted octanol–water partition coefficient (Wildman–Crippen LogP) is 3.37. The minimum absolute atomic E-state index is 0.194. The summed E-state index contributed by atoms with van der Waals surface area (Å²) in [5, 5.41) is 7.55. The Morgan fingerprint density at radius 2 is 2.11 bits per heavy atom. The van der Waals surface area contributed by atoms with Crippen molar-refractivity contribution in [2.45, 2.75) is 38.0 Å². The fourth-order valence-corrected chi connectivity index (χ4v) is 3.54. The van der Waals surface area contributed by atoms with Crippen molar-refractivity contribution in [1.29, 1.82) is 0 Å². The second-order valence-corrected chi connectivity index (χ2v) is 8.00. The Hall–Kier alpha value is -1.30. The molecule has 1 aromatic rings. The van der Waals surface area contributed by atoms with Gasteiger partial charge in [0.15, 0.2) is 5.96 Å². The van der Waals surface area contributed by atoms with Gasteiger partial charge in [-0.15, -0.1) is 0 Å². The number of hydrogen-bond donors (Lipinski definition) is 2. The Morgan fingerprint density at radius 1 is 1.30 bits per heavy atom. The SMILES string of the molecule is CCNC(=NCC1(c2ccc(Cl)cc2)CC1)NCCCOCC1CCOC1. The number of guanidine groups is 1. The summed E-state index contributed by atoms with van der Waals surface area (Å²) < 4.78 is 11.1. The average Bonchev–Trinajstić information content (AvgIpc) is 3.28. The van der Waals surface area contributed by atoms with Gasteiger partial charge < -0.3 is 20.1 Å². The molecule has 1 saturated heterocycles. The summed E-state index contributed by atoms with van der Waals surface area (Å²) >= 11 is 6.02. The van der Waals surface area contributed by atoms with Crippen LogP contribution < -0.4 is 10.6 Å². The van der Waals surface area contributed by atoms with Crippen molar-refractivity contribution >= 4 is 17.6 Å². The summed E-state index contributed by atoms with van der Waals surface area (Å²) in [4.78, 5) is 4.83. The Kier molecular flexibility index (Phi) is 7.80. The number of nitrogens with zero attached hydrogens (tertiary/aromatic N) is 1. The van der Waals surface area contributed by atoms with E-state index < -0.39 is 0 Å². The van der Waals surface area contributed by atoms with E-state index >= 15 is 0 Å². The number of benzene rings is 1. The van der Waals surface area contributed by atoms with Gasteiger partial charge in [-0.1, -0.05) is 23.7 Å². The maximum atomic E-state index is 6.02. The van der Waals surface area contributed by atoms with E-state index in [4.69, 9.17) is 26.1 Å². The Morgan fingerprint density at radius 3 is 2.78 bits per heavy atom. The van der Waals surface area contributed by atoms with E-state index in [0.717, 1.165) is 69.9 Å². The number of aliphatic imine (C=N–C) groups is 1. The van der Waals surface area contributed by atoms with Gasteiger partial charge in [-0.2, -0.15) is 0 Å². The Balaban J connectivity index is 1.39. The highest BCUT2D eigenvalue weighted by Gasteiger charge is 2.44. The second-order valence-electron chi connectivity index (χ2n) is 7.57. The third kappa shape index (κ3) is 6.37. The van der Waals surface area contributed by atoms with E-state index in [1.54, 1.807) is 0 Å². The molecule has 1 heterocycles. The molecule has 0 radical (unpaired) electrons. The van der Waals surface area contributed by atoms with Gasteiger partial charge in [0.1, 0.15) is 0 Å². The predicted molar refractivity (Wildman–Crippen MR) is 111 cm³/mol. The van der Waals surface area contributed by atoms with E-state index in [9.17, 15) is 0 Å². The minimum atomic E-state index is 0.194. The second kappa shape index (κ2) is 10.3. The molecule has 0 amide bonds. The van der Waals surface area contributed by atoms with Crippen molar-refractivity contribution in [1.82, 2.24) is 10.6 Å². The summed E-state index contributed by atoms with van der Waals surface area (Å²) in [6, 6.07) is 8.22. The first-order valence-corrected chi connectivity index (χ1v) is 10.5. The zero-order valence-corrected chi connectivity index (χ0v) is 17.1. The molecular formula is C21H32ClN3O2. The zero-order valence-electron chi connectivity index (χ0n) is 16.3. The minimum Gasteiger partial charge on any atom is -0.381 e. The van der Waals surface area contributed by atoms with Gasteiger partial charge in [0.05, 0.1) is 19.8 Å². The smallest absolute Gasteiger partial charge is 0.191 e. The molecule has 5 nitrogen and oxygen atoms in total. The van der Waals surface area contributed by atoms with Crippen LogP contribution >= 0.6 is 11.6 Å². The van der Waals surface area contributed by atoms with Crippen LogP contribution in [0.15, 0.2) is 29.3 Å². The van der Waals surface area contributed by atoms with Crippen LogP contribution in [0, 0.1) is 5.92 Å². The van der Waals surface area contributed by atoms with Crippen LogP contribution in [-0.2, 0) is 14.9 Å². The van der Waals surface area contributed by atoms with E-state index in [2.05, 4.69) is 29.7 Å². The average molecular weight is 394 g/mol. The van der Waals surface area contributed by atoms with Crippen molar-refractivity contribution in [2.75, 3.05) is 46.1 Å². The Labute approximate surface area is 167 Å². The van der Waals surface area contributed by atoms with Crippen LogP contribution in [0.25, 0.3) is 0 Å². The van der Waals surface area contributed by atoms with Gasteiger partial charge in [0.2, 0.25) is 0 Å². The van der Waals surface area contributed by atoms with Gasteiger partial charge in [0.25, 0.3) is 0 Å². The molecule has 2 aliphatic rings. The van der Waals surface area contributed by atoms with Crippen molar-refractivity contribution in [2.24, 2.45) is 10.9 Å². The first-order chi connectivity index (χ1) is 13.2. The van der Waals surface area contributed by atoms with Gasteiger partial charge in [0, 0.05) is 42.7 Å². The fraction of sp³-hybridized carbons (Fsp3) is 0.667. The maximum absolute atomic E-state index is 6.02. The molecule has 1 aliphatic heterocycles. The molecule has 1 unspecified atom stereocenters. The standard InChI is InChI=1S/C21H32ClN3O2/c1-2-23-20(24-11-3-12-26-14-17-8-13-27-15-17)25-16-21(9-10-21)18-4-6-19(22)7-5-18/h4-7,17H,2-3,8-16H2,1H3,(H2,23,24,25). The fourth-order valence-electron chi connectivity index (χ4n) is 3.41. The molecule has 3 rings (SSSR count). The molecule has 2 fully saturated rings. The van der Waals surface area contributed by atoms with Crippen molar-refractivity contribution in [3.05, 3.63) is 34.9 Å². The molecule has 1 atom stereocenters. The van der Waals surface area contributed by atoms with Crippen molar-refractivity contribution in [3.8, 4) is 0 Å². The molecule has 0 bridgehead atoms. The summed E-state index contributed by atoms with van der Waals surface area (Å²) in [6.07, 6.45) is 4.48. The third-order valence-corrected chi connectivity index (χ3v) is 5.58. The van der Waals surface area contributed by atoms with Gasteiger partial charge >= 0.3 is 0 Å². The number of rotatable bonds is 10. The lowest BCUT2D eigenvalue weighted by molar-refractivity contribution is 0.0888. The number of ether oxygens (including phenoxy) is 2. The van der Waals surface area contributed by atoms with Gasteiger partial charge in [-0.3, -0.25) is 4.99 Å². The topological polar surface area (TPSA) is 54.9 Å². The zero-order chi connectivity index (χ0) is 19.0. The highest BCUT2D eigenvalue weighted by atomic mass is 35.5. The molecule has 27 heavy (non-hydrogen) atoms.